The second kappa shape index (κ2) is 21.9. The van der Waals surface area contributed by atoms with Gasteiger partial charge in [0.2, 0.25) is 11.8 Å². The highest BCUT2D eigenvalue weighted by Crippen LogP contribution is 2.25. The lowest BCUT2D eigenvalue weighted by Crippen LogP contribution is -2.29. The number of carbonyl (C=O) groups excluding carboxylic acids is 2. The molecule has 2 amide bonds. The van der Waals surface area contributed by atoms with Gasteiger partial charge in [0.15, 0.2) is 0 Å². The molecule has 0 aliphatic rings. The van der Waals surface area contributed by atoms with Crippen LogP contribution in [0.1, 0.15) is 26.2 Å². The maximum Gasteiger partial charge on any atom is 0.247 e. The molecule has 0 saturated heterocycles. The summed E-state index contributed by atoms with van der Waals surface area (Å²) in [6, 6.07) is 5.21. The summed E-state index contributed by atoms with van der Waals surface area (Å²) >= 11 is 11.9. The van der Waals surface area contributed by atoms with Crippen LogP contribution in [0.15, 0.2) is 23.2 Å². The number of ether oxygens (including phenoxy) is 4. The maximum atomic E-state index is 12.1. The van der Waals surface area contributed by atoms with E-state index in [0.717, 1.165) is 5.69 Å². The fourth-order valence-electron chi connectivity index (χ4n) is 2.86. The second-order valence-electron chi connectivity index (χ2n) is 8.28. The molecule has 0 aliphatic carbocycles. The molecular formula is C25H41Cl2N5O6. The van der Waals surface area contributed by atoms with Gasteiger partial charge in [-0.3, -0.25) is 9.59 Å². The van der Waals surface area contributed by atoms with Crippen molar-refractivity contribution in [1.29, 1.82) is 0 Å². The molecular weight excluding hydrogens is 537 g/mol. The van der Waals surface area contributed by atoms with E-state index in [1.54, 1.807) is 18.2 Å². The summed E-state index contributed by atoms with van der Waals surface area (Å²) in [6.07, 6.45) is 0.883. The molecule has 216 valence electrons. The summed E-state index contributed by atoms with van der Waals surface area (Å²) < 4.78 is 21.3. The number of hydrogen-bond donors (Lipinski definition) is 4. The van der Waals surface area contributed by atoms with Gasteiger partial charge in [-0.25, -0.2) is 4.99 Å². The Balaban J connectivity index is 2.01. The van der Waals surface area contributed by atoms with Gasteiger partial charge in [-0.2, -0.15) is 0 Å². The van der Waals surface area contributed by atoms with Gasteiger partial charge in [0.1, 0.15) is 5.84 Å². The number of nitrogens with zero attached hydrogens (tertiary/aromatic N) is 1. The normalized spacial score (nSPS) is 12.4. The Morgan fingerprint density at radius 1 is 0.921 bits per heavy atom. The first-order valence-corrected chi connectivity index (χ1v) is 13.4. The van der Waals surface area contributed by atoms with Crippen LogP contribution in [-0.4, -0.2) is 90.1 Å². The predicted octanol–water partition coefficient (Wildman–Crippen LogP) is 2.24. The number of carbonyl (C=O) groups is 2. The number of amides is 2. The molecule has 13 heteroatoms. The molecule has 6 N–H and O–H groups in total. The summed E-state index contributed by atoms with van der Waals surface area (Å²) in [7, 11) is 0. The van der Waals surface area contributed by atoms with E-state index in [1.807, 2.05) is 6.92 Å². The van der Waals surface area contributed by atoms with Crippen molar-refractivity contribution in [3.8, 4) is 0 Å². The molecule has 1 aromatic rings. The summed E-state index contributed by atoms with van der Waals surface area (Å²) in [5, 5.41) is 6.87. The van der Waals surface area contributed by atoms with Crippen molar-refractivity contribution in [2.75, 3.05) is 77.8 Å². The van der Waals surface area contributed by atoms with Gasteiger partial charge in [-0.1, -0.05) is 30.1 Å². The van der Waals surface area contributed by atoms with E-state index in [-0.39, 0.29) is 43.0 Å². The first kappa shape index (κ1) is 34.0. The number of benzene rings is 1. The lowest BCUT2D eigenvalue weighted by molar-refractivity contribution is -0.123. The maximum absolute atomic E-state index is 12.1. The van der Waals surface area contributed by atoms with Crippen LogP contribution in [0.5, 0.6) is 0 Å². The van der Waals surface area contributed by atoms with Crippen LogP contribution in [0.2, 0.25) is 10.0 Å². The highest BCUT2D eigenvalue weighted by molar-refractivity contribution is 6.42. The van der Waals surface area contributed by atoms with Crippen LogP contribution in [0.25, 0.3) is 0 Å². The summed E-state index contributed by atoms with van der Waals surface area (Å²) in [4.78, 5) is 27.9. The van der Waals surface area contributed by atoms with Crippen LogP contribution in [0, 0.1) is 5.92 Å². The van der Waals surface area contributed by atoms with Crippen molar-refractivity contribution in [3.05, 3.63) is 28.2 Å². The number of anilines is 1. The Labute approximate surface area is 234 Å². The second-order valence-corrected chi connectivity index (χ2v) is 9.10. The van der Waals surface area contributed by atoms with E-state index in [0.29, 0.717) is 82.3 Å². The molecule has 1 atom stereocenters. The van der Waals surface area contributed by atoms with Crippen molar-refractivity contribution in [2.45, 2.75) is 26.2 Å². The van der Waals surface area contributed by atoms with E-state index in [4.69, 9.17) is 53.6 Å². The topological polar surface area (TPSA) is 160 Å². The Bertz CT molecular complexity index is 846. The van der Waals surface area contributed by atoms with Crippen molar-refractivity contribution < 1.29 is 28.5 Å². The molecule has 0 saturated carbocycles. The van der Waals surface area contributed by atoms with E-state index >= 15 is 0 Å². The standard InChI is InChI=1S/C25H41Cl2N5O6/c1-19(18-31-20-4-5-21(26)22(27)17-20)25(29)32-24(34)3-2-8-30-23(33)6-9-35-11-13-37-15-16-38-14-12-36-10-7-28/h4-5,17,19,31H,2-3,6-16,18,28H2,1H3,(H,30,33)(H2,29,32,34). The van der Waals surface area contributed by atoms with Gasteiger partial charge in [0, 0.05) is 44.1 Å². The Morgan fingerprint density at radius 2 is 1.53 bits per heavy atom. The van der Waals surface area contributed by atoms with Gasteiger partial charge >= 0.3 is 0 Å². The molecule has 38 heavy (non-hydrogen) atoms. The molecule has 0 fully saturated rings. The molecule has 0 bridgehead atoms. The summed E-state index contributed by atoms with van der Waals surface area (Å²) in [5.74, 6) is -0.396. The van der Waals surface area contributed by atoms with Gasteiger partial charge < -0.3 is 41.0 Å². The minimum Gasteiger partial charge on any atom is -0.387 e. The number of nitrogens with two attached hydrogens (primary N) is 2. The fraction of sp³-hybridized carbons (Fsp3) is 0.640. The molecule has 0 spiro atoms. The molecule has 1 unspecified atom stereocenters. The molecule has 1 rings (SSSR count). The van der Waals surface area contributed by atoms with Crippen molar-refractivity contribution in [2.24, 2.45) is 22.4 Å². The number of halogens is 2. The van der Waals surface area contributed by atoms with E-state index in [2.05, 4.69) is 15.6 Å². The third-order valence-electron chi connectivity index (χ3n) is 5.03. The average Bonchev–Trinajstić information content (AvgIpc) is 2.89. The lowest BCUT2D eigenvalue weighted by Gasteiger charge is -2.13. The number of amidine groups is 1. The summed E-state index contributed by atoms with van der Waals surface area (Å²) in [6.45, 7) is 6.80. The average molecular weight is 579 g/mol. The molecule has 0 radical (unpaired) electrons. The van der Waals surface area contributed by atoms with Gasteiger partial charge in [-0.05, 0) is 24.6 Å². The number of nitrogens with one attached hydrogen (secondary N) is 2. The Hall–Kier alpha value is -1.99. The zero-order chi connectivity index (χ0) is 28.0. The predicted molar refractivity (Wildman–Crippen MR) is 150 cm³/mol. The van der Waals surface area contributed by atoms with Gasteiger partial charge in [-0.15, -0.1) is 0 Å². The number of rotatable bonds is 22. The number of hydrogen-bond acceptors (Lipinski definition) is 8. The van der Waals surface area contributed by atoms with Crippen LogP contribution in [0.3, 0.4) is 0 Å². The zero-order valence-corrected chi connectivity index (χ0v) is 23.5. The third-order valence-corrected chi connectivity index (χ3v) is 5.77. The highest BCUT2D eigenvalue weighted by Gasteiger charge is 2.10. The minimum absolute atomic E-state index is 0.145. The van der Waals surface area contributed by atoms with Gasteiger partial charge in [0.05, 0.1) is 62.9 Å². The van der Waals surface area contributed by atoms with Crippen LogP contribution >= 0.6 is 23.2 Å². The van der Waals surface area contributed by atoms with Crippen molar-refractivity contribution in [3.63, 3.8) is 0 Å². The Morgan fingerprint density at radius 3 is 2.13 bits per heavy atom. The van der Waals surface area contributed by atoms with E-state index in [9.17, 15) is 9.59 Å². The largest absolute Gasteiger partial charge is 0.387 e. The molecule has 0 aromatic heterocycles. The first-order valence-electron chi connectivity index (χ1n) is 12.7. The smallest absolute Gasteiger partial charge is 0.247 e. The van der Waals surface area contributed by atoms with E-state index in [1.165, 1.54) is 0 Å². The third kappa shape index (κ3) is 17.5. The van der Waals surface area contributed by atoms with Crippen LogP contribution in [-0.2, 0) is 28.5 Å². The molecule has 1 aromatic carbocycles. The van der Waals surface area contributed by atoms with Crippen LogP contribution in [0.4, 0.5) is 5.69 Å². The van der Waals surface area contributed by atoms with E-state index < -0.39 is 0 Å². The van der Waals surface area contributed by atoms with Gasteiger partial charge in [0.25, 0.3) is 0 Å². The van der Waals surface area contributed by atoms with Crippen molar-refractivity contribution in [1.82, 2.24) is 5.32 Å². The zero-order valence-electron chi connectivity index (χ0n) is 22.0. The van der Waals surface area contributed by atoms with Crippen molar-refractivity contribution >= 4 is 46.5 Å². The molecule has 11 nitrogen and oxygen atoms in total. The molecule has 0 heterocycles. The summed E-state index contributed by atoms with van der Waals surface area (Å²) in [5.41, 5.74) is 12.1. The quantitative estimate of drug-likeness (QED) is 0.0919. The molecule has 0 aliphatic heterocycles. The highest BCUT2D eigenvalue weighted by atomic mass is 35.5. The minimum atomic E-state index is -0.327. The van der Waals surface area contributed by atoms with Crippen LogP contribution < -0.4 is 22.1 Å². The lowest BCUT2D eigenvalue weighted by atomic mass is 10.1. The fourth-order valence-corrected chi connectivity index (χ4v) is 3.16. The monoisotopic (exact) mass is 577 g/mol. The Kier molecular flexibility index (Phi) is 19.6. The number of aliphatic imine (C=N–C) groups is 1. The first-order chi connectivity index (χ1) is 18.3. The SMILES string of the molecule is CC(CNc1ccc(Cl)c(Cl)c1)C(N)=NC(=O)CCCNC(=O)CCOCCOCCOCCOCCN.